The van der Waals surface area contributed by atoms with E-state index in [1.165, 1.54) is 0 Å². The Morgan fingerprint density at radius 1 is 1.23 bits per heavy atom. The van der Waals surface area contributed by atoms with Crippen molar-refractivity contribution in [3.63, 3.8) is 0 Å². The molecule has 26 heavy (non-hydrogen) atoms. The summed E-state index contributed by atoms with van der Waals surface area (Å²) in [6.45, 7) is 0.985. The largest absolute Gasteiger partial charge is 0.455 e. The van der Waals surface area contributed by atoms with E-state index < -0.39 is 10.0 Å². The fourth-order valence-corrected chi connectivity index (χ4v) is 3.70. The fourth-order valence-electron chi connectivity index (χ4n) is 2.78. The Morgan fingerprint density at radius 3 is 2.58 bits per heavy atom. The van der Waals surface area contributed by atoms with Crippen LogP contribution in [0.1, 0.15) is 12.0 Å². The van der Waals surface area contributed by atoms with Crippen LogP contribution in [0.15, 0.2) is 48.5 Å². The summed E-state index contributed by atoms with van der Waals surface area (Å²) < 4.78 is 31.7. The first-order valence-corrected chi connectivity index (χ1v) is 10.5. The number of likely N-dealkylation sites (tertiary alicyclic amines) is 1. The van der Waals surface area contributed by atoms with E-state index >= 15 is 0 Å². The van der Waals surface area contributed by atoms with Gasteiger partial charge in [-0.25, -0.2) is 8.42 Å². The maximum atomic E-state index is 12.0. The van der Waals surface area contributed by atoms with Gasteiger partial charge < -0.3 is 9.64 Å². The van der Waals surface area contributed by atoms with Crippen molar-refractivity contribution in [2.45, 2.75) is 18.2 Å². The molecule has 0 radical (unpaired) electrons. The highest BCUT2D eigenvalue weighted by molar-refractivity contribution is 7.92. The Bertz CT molecular complexity index is 901. The monoisotopic (exact) mass is 392 g/mol. The number of carbonyl (C=O) groups is 1. The predicted molar refractivity (Wildman–Crippen MR) is 104 cm³/mol. The second-order valence-electron chi connectivity index (χ2n) is 6.25. The van der Waals surface area contributed by atoms with E-state index in [2.05, 4.69) is 17.4 Å². The Morgan fingerprint density at radius 2 is 1.96 bits per heavy atom. The highest BCUT2D eigenvalue weighted by Crippen LogP contribution is 2.32. The Kier molecular flexibility index (Phi) is 5.43. The molecule has 1 saturated heterocycles. The van der Waals surface area contributed by atoms with Gasteiger partial charge in [-0.2, -0.15) is 12.6 Å². The molecular weight excluding hydrogens is 372 g/mol. The molecule has 0 saturated carbocycles. The molecule has 1 unspecified atom stereocenters. The van der Waals surface area contributed by atoms with E-state index in [1.54, 1.807) is 29.2 Å². The molecule has 0 bridgehead atoms. The van der Waals surface area contributed by atoms with Crippen molar-refractivity contribution < 1.29 is 17.9 Å². The van der Waals surface area contributed by atoms with Crippen molar-refractivity contribution in [3.05, 3.63) is 54.1 Å². The Balaban J connectivity index is 1.86. The van der Waals surface area contributed by atoms with Gasteiger partial charge in [0, 0.05) is 24.8 Å². The van der Waals surface area contributed by atoms with Gasteiger partial charge in [0.1, 0.15) is 5.75 Å². The van der Waals surface area contributed by atoms with Gasteiger partial charge >= 0.3 is 0 Å². The molecular formula is C18H20N2O4S2. The van der Waals surface area contributed by atoms with E-state index in [9.17, 15) is 13.2 Å². The van der Waals surface area contributed by atoms with Crippen LogP contribution in [0.5, 0.6) is 11.5 Å². The van der Waals surface area contributed by atoms with Gasteiger partial charge in [0.15, 0.2) is 5.75 Å². The van der Waals surface area contributed by atoms with Gasteiger partial charge in [-0.05, 0) is 29.8 Å². The van der Waals surface area contributed by atoms with E-state index in [4.69, 9.17) is 4.74 Å². The first kappa shape index (κ1) is 18.6. The summed E-state index contributed by atoms with van der Waals surface area (Å²) in [6, 6.07) is 14.3. The number of nitrogens with zero attached hydrogens (tertiary/aromatic N) is 1. The van der Waals surface area contributed by atoms with Crippen molar-refractivity contribution in [2.75, 3.05) is 17.5 Å². The summed E-state index contributed by atoms with van der Waals surface area (Å²) in [6.07, 6.45) is 1.51. The average molecular weight is 393 g/mol. The summed E-state index contributed by atoms with van der Waals surface area (Å²) in [7, 11) is -3.48. The molecule has 2 aromatic carbocycles. The third-order valence-electron chi connectivity index (χ3n) is 3.88. The van der Waals surface area contributed by atoms with Gasteiger partial charge in [-0.15, -0.1) is 0 Å². The number of anilines is 1. The Hall–Kier alpha value is -2.19. The SMILES string of the molecule is CS(=O)(=O)Nc1cc(CN2CC(S)CC2=O)ccc1Oc1ccccc1. The molecule has 1 heterocycles. The molecule has 1 fully saturated rings. The first-order chi connectivity index (χ1) is 12.3. The van der Waals surface area contributed by atoms with Crippen LogP contribution >= 0.6 is 12.6 Å². The minimum atomic E-state index is -3.48. The van der Waals surface area contributed by atoms with Crippen molar-refractivity contribution in [2.24, 2.45) is 0 Å². The number of hydrogen-bond acceptors (Lipinski definition) is 5. The number of hydrogen-bond donors (Lipinski definition) is 2. The van der Waals surface area contributed by atoms with Gasteiger partial charge in [-0.1, -0.05) is 24.3 Å². The zero-order chi connectivity index (χ0) is 18.7. The van der Waals surface area contributed by atoms with E-state index in [0.29, 0.717) is 36.7 Å². The summed E-state index contributed by atoms with van der Waals surface area (Å²) in [4.78, 5) is 13.7. The van der Waals surface area contributed by atoms with Crippen molar-refractivity contribution in [1.29, 1.82) is 0 Å². The predicted octanol–water partition coefficient (Wildman–Crippen LogP) is 2.88. The number of ether oxygens (including phenoxy) is 1. The average Bonchev–Trinajstić information content (AvgIpc) is 2.87. The zero-order valence-corrected chi connectivity index (χ0v) is 16.0. The maximum Gasteiger partial charge on any atom is 0.229 e. The summed E-state index contributed by atoms with van der Waals surface area (Å²) in [5.74, 6) is 1.04. The molecule has 0 aliphatic carbocycles. The second-order valence-corrected chi connectivity index (χ2v) is 8.73. The molecule has 0 spiro atoms. The molecule has 1 N–H and O–H groups in total. The quantitative estimate of drug-likeness (QED) is 0.741. The van der Waals surface area contributed by atoms with Crippen LogP contribution in [-0.2, 0) is 21.4 Å². The minimum Gasteiger partial charge on any atom is -0.455 e. The molecule has 1 atom stereocenters. The lowest BCUT2D eigenvalue weighted by Gasteiger charge is -2.18. The van der Waals surface area contributed by atoms with Gasteiger partial charge in [0.05, 0.1) is 11.9 Å². The van der Waals surface area contributed by atoms with Crippen LogP contribution in [0.3, 0.4) is 0 Å². The van der Waals surface area contributed by atoms with E-state index in [0.717, 1.165) is 11.8 Å². The molecule has 0 aromatic heterocycles. The van der Waals surface area contributed by atoms with Crippen LogP contribution in [0.4, 0.5) is 5.69 Å². The maximum absolute atomic E-state index is 12.0. The smallest absolute Gasteiger partial charge is 0.229 e. The standard InChI is InChI=1S/C18H20N2O4S2/c1-26(22,23)19-16-9-13(11-20-12-15(25)10-18(20)21)7-8-17(16)24-14-5-3-2-4-6-14/h2-9,15,19,25H,10-12H2,1H3. The fraction of sp³-hybridized carbons (Fsp3) is 0.278. The molecule has 3 rings (SSSR count). The summed E-state index contributed by atoms with van der Waals surface area (Å²) >= 11 is 4.35. The number of nitrogens with one attached hydrogen (secondary N) is 1. The summed E-state index contributed by atoms with van der Waals surface area (Å²) in [5, 5.41) is 0.0387. The van der Waals surface area contributed by atoms with Gasteiger partial charge in [-0.3, -0.25) is 9.52 Å². The normalized spacial score (nSPS) is 17.4. The van der Waals surface area contributed by atoms with Crippen molar-refractivity contribution in [1.82, 2.24) is 4.90 Å². The topological polar surface area (TPSA) is 75.7 Å². The third kappa shape index (κ3) is 4.92. The highest BCUT2D eigenvalue weighted by atomic mass is 32.2. The van der Waals surface area contributed by atoms with Crippen LogP contribution in [-0.4, -0.2) is 37.3 Å². The summed E-state index contributed by atoms with van der Waals surface area (Å²) in [5.41, 5.74) is 1.15. The number of thiol groups is 1. The number of para-hydroxylation sites is 1. The third-order valence-corrected chi connectivity index (χ3v) is 4.81. The molecule has 6 nitrogen and oxygen atoms in total. The first-order valence-electron chi connectivity index (χ1n) is 8.09. The molecule has 1 aliphatic rings. The lowest BCUT2D eigenvalue weighted by Crippen LogP contribution is -2.24. The highest BCUT2D eigenvalue weighted by Gasteiger charge is 2.27. The lowest BCUT2D eigenvalue weighted by atomic mass is 10.1. The lowest BCUT2D eigenvalue weighted by molar-refractivity contribution is -0.128. The van der Waals surface area contributed by atoms with E-state index in [-0.39, 0.29) is 11.2 Å². The molecule has 8 heteroatoms. The zero-order valence-electron chi connectivity index (χ0n) is 14.3. The van der Waals surface area contributed by atoms with Crippen LogP contribution < -0.4 is 9.46 Å². The number of amides is 1. The van der Waals surface area contributed by atoms with Crippen LogP contribution in [0, 0.1) is 0 Å². The van der Waals surface area contributed by atoms with Crippen LogP contribution in [0.2, 0.25) is 0 Å². The van der Waals surface area contributed by atoms with Gasteiger partial charge in [0.2, 0.25) is 15.9 Å². The molecule has 1 amide bonds. The van der Waals surface area contributed by atoms with Crippen molar-refractivity contribution >= 4 is 34.2 Å². The minimum absolute atomic E-state index is 0.0387. The second kappa shape index (κ2) is 7.59. The number of carbonyl (C=O) groups excluding carboxylic acids is 1. The van der Waals surface area contributed by atoms with E-state index in [1.807, 2.05) is 24.3 Å². The molecule has 138 valence electrons. The molecule has 2 aromatic rings. The van der Waals surface area contributed by atoms with Crippen LogP contribution in [0.25, 0.3) is 0 Å². The Labute approximate surface area is 158 Å². The van der Waals surface area contributed by atoms with Crippen molar-refractivity contribution in [3.8, 4) is 11.5 Å². The van der Waals surface area contributed by atoms with Gasteiger partial charge in [0.25, 0.3) is 0 Å². The molecule has 1 aliphatic heterocycles. The number of rotatable bonds is 6. The number of sulfonamides is 1. The number of benzene rings is 2.